The Morgan fingerprint density at radius 2 is 1.87 bits per heavy atom. The van der Waals surface area contributed by atoms with E-state index >= 15 is 0 Å². The Morgan fingerprint density at radius 1 is 1.19 bits per heavy atom. The molecule has 1 aliphatic carbocycles. The van der Waals surface area contributed by atoms with E-state index in [2.05, 4.69) is 20.7 Å². The zero-order valence-corrected chi connectivity index (χ0v) is 21.1. The molecule has 0 radical (unpaired) electrons. The molecule has 1 heterocycles. The van der Waals surface area contributed by atoms with Gasteiger partial charge in [0.25, 0.3) is 0 Å². The summed E-state index contributed by atoms with van der Waals surface area (Å²) in [4.78, 5) is 18.7. The first-order chi connectivity index (χ1) is 14.5. The highest BCUT2D eigenvalue weighted by molar-refractivity contribution is 14.0. The van der Waals surface area contributed by atoms with Crippen LogP contribution in [0.25, 0.3) is 5.69 Å². The van der Waals surface area contributed by atoms with Crippen LogP contribution < -0.4 is 15.4 Å². The lowest BCUT2D eigenvalue weighted by molar-refractivity contribution is -0.138. The highest BCUT2D eigenvalue weighted by Crippen LogP contribution is 2.38. The largest absolute Gasteiger partial charge is 0.497 e. The second-order valence-electron chi connectivity index (χ2n) is 7.92. The van der Waals surface area contributed by atoms with E-state index in [9.17, 15) is 4.79 Å². The summed E-state index contributed by atoms with van der Waals surface area (Å²) >= 11 is 0. The van der Waals surface area contributed by atoms with Crippen LogP contribution in [-0.2, 0) is 11.3 Å². The van der Waals surface area contributed by atoms with Gasteiger partial charge < -0.3 is 20.3 Å². The molecule has 170 valence electrons. The minimum atomic E-state index is -0.336. The van der Waals surface area contributed by atoms with Crippen LogP contribution in [0.1, 0.15) is 31.4 Å². The van der Waals surface area contributed by atoms with Gasteiger partial charge in [-0.15, -0.1) is 24.0 Å². The van der Waals surface area contributed by atoms with Crippen molar-refractivity contribution in [3.05, 3.63) is 42.2 Å². The molecule has 1 saturated carbocycles. The van der Waals surface area contributed by atoms with Crippen molar-refractivity contribution in [2.45, 2.75) is 32.2 Å². The number of halogens is 1. The minimum absolute atomic E-state index is 0. The van der Waals surface area contributed by atoms with Crippen molar-refractivity contribution in [2.75, 3.05) is 34.8 Å². The molecule has 0 atom stereocenters. The first-order valence-corrected chi connectivity index (χ1v) is 10.3. The predicted octanol–water partition coefficient (Wildman–Crippen LogP) is 2.81. The second-order valence-corrected chi connectivity index (χ2v) is 7.92. The van der Waals surface area contributed by atoms with Gasteiger partial charge in [-0.05, 0) is 43.2 Å². The van der Waals surface area contributed by atoms with Crippen molar-refractivity contribution >= 4 is 35.8 Å². The van der Waals surface area contributed by atoms with E-state index in [4.69, 9.17) is 4.74 Å². The van der Waals surface area contributed by atoms with E-state index in [0.717, 1.165) is 42.8 Å². The summed E-state index contributed by atoms with van der Waals surface area (Å²) in [7, 11) is 7.04. The number of nitrogens with one attached hydrogen (secondary N) is 2. The number of carbonyl (C=O) groups excluding carboxylic acids is 1. The molecule has 1 fully saturated rings. The molecular weight excluding hydrogens is 507 g/mol. The Labute approximate surface area is 201 Å². The molecule has 1 aromatic heterocycles. The van der Waals surface area contributed by atoms with Crippen LogP contribution in [0.2, 0.25) is 0 Å². The molecule has 3 rings (SSSR count). The van der Waals surface area contributed by atoms with E-state index in [-0.39, 0.29) is 35.3 Å². The van der Waals surface area contributed by atoms with E-state index in [1.54, 1.807) is 19.1 Å². The number of amides is 1. The maximum absolute atomic E-state index is 12.7. The molecule has 31 heavy (non-hydrogen) atoms. The number of carbonyl (C=O) groups is 1. The third-order valence-electron chi connectivity index (χ3n) is 5.66. The van der Waals surface area contributed by atoms with Gasteiger partial charge in [-0.1, -0.05) is 12.8 Å². The molecule has 1 amide bonds. The highest BCUT2D eigenvalue weighted by atomic mass is 127. The summed E-state index contributed by atoms with van der Waals surface area (Å²) < 4.78 is 7.03. The van der Waals surface area contributed by atoms with Crippen molar-refractivity contribution in [3.63, 3.8) is 0 Å². The van der Waals surface area contributed by atoms with E-state index in [1.807, 2.05) is 55.3 Å². The van der Waals surface area contributed by atoms with Gasteiger partial charge in [-0.3, -0.25) is 9.79 Å². The topological polar surface area (TPSA) is 83.8 Å². The molecular formula is C22H33IN6O2. The standard InChI is InChI=1S/C22H32N6O2.HI/c1-23-21(25-16-22(12-5-6-13-22)20(29)27(2)3)24-15-17-11-14-28(26-17)18-7-9-19(30-4)10-8-18;/h7-11,14H,5-6,12-13,15-16H2,1-4H3,(H2,23,24,25);1H. The molecule has 0 unspecified atom stereocenters. The smallest absolute Gasteiger partial charge is 0.230 e. The first kappa shape index (κ1) is 25.0. The van der Waals surface area contributed by atoms with E-state index < -0.39 is 0 Å². The SMILES string of the molecule is CN=C(NCc1ccn(-c2ccc(OC)cc2)n1)NCC1(C(=O)N(C)C)CCCC1.I. The summed E-state index contributed by atoms with van der Waals surface area (Å²) in [5.74, 6) is 1.68. The van der Waals surface area contributed by atoms with Gasteiger partial charge in [0, 0.05) is 33.9 Å². The van der Waals surface area contributed by atoms with Gasteiger partial charge in [0.1, 0.15) is 5.75 Å². The lowest BCUT2D eigenvalue weighted by Crippen LogP contribution is -2.49. The van der Waals surface area contributed by atoms with Crippen molar-refractivity contribution in [3.8, 4) is 11.4 Å². The summed E-state index contributed by atoms with van der Waals surface area (Å²) in [6, 6.07) is 9.72. The van der Waals surface area contributed by atoms with Gasteiger partial charge >= 0.3 is 0 Å². The number of methoxy groups -OCH3 is 1. The number of ether oxygens (including phenoxy) is 1. The number of guanidine groups is 1. The number of nitrogens with zero attached hydrogens (tertiary/aromatic N) is 4. The van der Waals surface area contributed by atoms with Crippen molar-refractivity contribution < 1.29 is 9.53 Å². The molecule has 9 heteroatoms. The Morgan fingerprint density at radius 3 is 2.45 bits per heavy atom. The van der Waals surface area contributed by atoms with Crippen LogP contribution >= 0.6 is 24.0 Å². The van der Waals surface area contributed by atoms with Gasteiger partial charge in [-0.25, -0.2) is 4.68 Å². The molecule has 2 N–H and O–H groups in total. The number of aromatic nitrogens is 2. The third kappa shape index (κ3) is 6.11. The molecule has 1 aromatic carbocycles. The van der Waals surface area contributed by atoms with Crippen LogP contribution in [0, 0.1) is 5.41 Å². The van der Waals surface area contributed by atoms with Crippen molar-refractivity contribution in [1.82, 2.24) is 25.3 Å². The zero-order chi connectivity index (χ0) is 21.6. The van der Waals surface area contributed by atoms with Crippen LogP contribution in [0.3, 0.4) is 0 Å². The predicted molar refractivity (Wildman–Crippen MR) is 133 cm³/mol. The summed E-state index contributed by atoms with van der Waals surface area (Å²) in [5, 5.41) is 11.3. The fraction of sp³-hybridized carbons (Fsp3) is 0.500. The lowest BCUT2D eigenvalue weighted by atomic mass is 9.84. The number of benzene rings is 1. The summed E-state index contributed by atoms with van der Waals surface area (Å²) in [6.45, 7) is 1.13. The fourth-order valence-corrected chi connectivity index (χ4v) is 3.97. The van der Waals surface area contributed by atoms with Crippen LogP contribution in [0.15, 0.2) is 41.5 Å². The maximum Gasteiger partial charge on any atom is 0.230 e. The monoisotopic (exact) mass is 540 g/mol. The summed E-state index contributed by atoms with van der Waals surface area (Å²) in [5.41, 5.74) is 1.53. The molecule has 8 nitrogen and oxygen atoms in total. The zero-order valence-electron chi connectivity index (χ0n) is 18.7. The highest BCUT2D eigenvalue weighted by Gasteiger charge is 2.42. The van der Waals surface area contributed by atoms with Crippen LogP contribution in [-0.4, -0.2) is 61.3 Å². The van der Waals surface area contributed by atoms with Gasteiger partial charge in [0.15, 0.2) is 5.96 Å². The minimum Gasteiger partial charge on any atom is -0.497 e. The Hall–Kier alpha value is -2.30. The molecule has 1 aliphatic rings. The van der Waals surface area contributed by atoms with Crippen LogP contribution in [0.4, 0.5) is 0 Å². The van der Waals surface area contributed by atoms with E-state index in [0.29, 0.717) is 19.0 Å². The molecule has 0 aliphatic heterocycles. The van der Waals surface area contributed by atoms with Crippen molar-refractivity contribution in [1.29, 1.82) is 0 Å². The van der Waals surface area contributed by atoms with Gasteiger partial charge in [0.2, 0.25) is 5.91 Å². The Balaban J connectivity index is 0.00000341. The average molecular weight is 540 g/mol. The quantitative estimate of drug-likeness (QED) is 0.321. The van der Waals surface area contributed by atoms with E-state index in [1.165, 1.54) is 0 Å². The third-order valence-corrected chi connectivity index (χ3v) is 5.66. The molecule has 0 bridgehead atoms. The number of hydrogen-bond donors (Lipinski definition) is 2. The second kappa shape index (κ2) is 11.4. The first-order valence-electron chi connectivity index (χ1n) is 10.3. The summed E-state index contributed by atoms with van der Waals surface area (Å²) in [6.07, 6.45) is 5.95. The van der Waals surface area contributed by atoms with Crippen molar-refractivity contribution in [2.24, 2.45) is 10.4 Å². The average Bonchev–Trinajstić information content (AvgIpc) is 3.44. The maximum atomic E-state index is 12.7. The number of aliphatic imine (C=N–C) groups is 1. The fourth-order valence-electron chi connectivity index (χ4n) is 3.97. The lowest BCUT2D eigenvalue weighted by Gasteiger charge is -2.31. The Kier molecular flexibility index (Phi) is 9.15. The number of rotatable bonds is 7. The molecule has 2 aromatic rings. The molecule has 0 saturated heterocycles. The van der Waals surface area contributed by atoms with Gasteiger partial charge in [0.05, 0.1) is 30.5 Å². The molecule has 0 spiro atoms. The van der Waals surface area contributed by atoms with Gasteiger partial charge in [-0.2, -0.15) is 5.10 Å². The normalized spacial score (nSPS) is 15.2. The Bertz CT molecular complexity index is 872. The number of hydrogen-bond acceptors (Lipinski definition) is 4. The van der Waals surface area contributed by atoms with Crippen LogP contribution in [0.5, 0.6) is 5.75 Å².